The van der Waals surface area contributed by atoms with E-state index in [1.165, 1.54) is 11.3 Å². The molecule has 0 saturated heterocycles. The first-order valence-electron chi connectivity index (χ1n) is 12.8. The largest absolute Gasteiger partial charge is 0.383 e. The van der Waals surface area contributed by atoms with Gasteiger partial charge in [0, 0.05) is 30.2 Å². The van der Waals surface area contributed by atoms with E-state index in [9.17, 15) is 13.9 Å². The lowest BCUT2D eigenvalue weighted by atomic mass is 9.83. The molecule has 0 atom stereocenters. The zero-order chi connectivity index (χ0) is 24.9. The van der Waals surface area contributed by atoms with E-state index in [-0.39, 0.29) is 24.9 Å². The summed E-state index contributed by atoms with van der Waals surface area (Å²) >= 11 is 1.45. The third-order valence-electron chi connectivity index (χ3n) is 8.04. The minimum Gasteiger partial charge on any atom is -0.383 e. The Bertz CT molecular complexity index is 1290. The van der Waals surface area contributed by atoms with Crippen LogP contribution in [0.15, 0.2) is 22.7 Å². The van der Waals surface area contributed by atoms with Crippen molar-refractivity contribution in [2.45, 2.75) is 100 Å². The van der Waals surface area contributed by atoms with E-state index in [4.69, 9.17) is 14.5 Å². The van der Waals surface area contributed by atoms with Gasteiger partial charge >= 0.3 is 0 Å². The number of thiazole rings is 1. The van der Waals surface area contributed by atoms with Gasteiger partial charge in [-0.25, -0.2) is 13.8 Å². The molecule has 9 heteroatoms. The van der Waals surface area contributed by atoms with Gasteiger partial charge in [-0.2, -0.15) is 5.26 Å². The molecule has 190 valence electrons. The summed E-state index contributed by atoms with van der Waals surface area (Å²) in [6.45, 7) is 0.374. The van der Waals surface area contributed by atoms with Gasteiger partial charge in [0.25, 0.3) is 0 Å². The molecule has 3 aliphatic carbocycles. The van der Waals surface area contributed by atoms with Crippen LogP contribution in [0.2, 0.25) is 0 Å². The van der Waals surface area contributed by atoms with Crippen LogP contribution in [0.5, 0.6) is 0 Å². The van der Waals surface area contributed by atoms with Crippen molar-refractivity contribution in [3.63, 3.8) is 0 Å². The van der Waals surface area contributed by atoms with Gasteiger partial charge in [-0.1, -0.05) is 5.16 Å². The second kappa shape index (κ2) is 9.16. The molecule has 3 saturated carbocycles. The van der Waals surface area contributed by atoms with Crippen LogP contribution in [0.1, 0.15) is 104 Å². The number of aliphatic hydroxyl groups is 1. The number of nitrogens with zero attached hydrogens (tertiary/aromatic N) is 3. The average Bonchev–Trinajstić information content (AvgIpc) is 3.48. The zero-order valence-corrected chi connectivity index (χ0v) is 20.8. The fourth-order valence-electron chi connectivity index (χ4n) is 5.62. The van der Waals surface area contributed by atoms with E-state index in [2.05, 4.69) is 16.2 Å². The molecule has 2 heterocycles. The van der Waals surface area contributed by atoms with Crippen molar-refractivity contribution in [2.75, 3.05) is 0 Å². The van der Waals surface area contributed by atoms with Gasteiger partial charge in [0.15, 0.2) is 0 Å². The quantitative estimate of drug-likeness (QED) is 0.396. The van der Waals surface area contributed by atoms with Crippen LogP contribution in [0, 0.1) is 11.3 Å². The van der Waals surface area contributed by atoms with Crippen LogP contribution in [-0.2, 0) is 16.9 Å². The highest BCUT2D eigenvalue weighted by Crippen LogP contribution is 2.47. The summed E-state index contributed by atoms with van der Waals surface area (Å²) in [5.41, 5.74) is 2.17. The number of fused-ring (bicyclic) bond motifs is 1. The third-order valence-corrected chi connectivity index (χ3v) is 9.25. The zero-order valence-electron chi connectivity index (χ0n) is 20.0. The molecule has 0 unspecified atom stereocenters. The topological polar surface area (TPSA) is 92.2 Å². The Kier molecular flexibility index (Phi) is 6.09. The molecule has 1 N–H and O–H groups in total. The van der Waals surface area contributed by atoms with Crippen molar-refractivity contribution in [3.8, 4) is 6.07 Å². The average molecular weight is 514 g/mol. The summed E-state index contributed by atoms with van der Waals surface area (Å²) in [6, 6.07) is 7.53. The Morgan fingerprint density at radius 3 is 2.53 bits per heavy atom. The Hall–Kier alpha value is -2.41. The Morgan fingerprint density at radius 1 is 1.08 bits per heavy atom. The number of ether oxygens (including phenoxy) is 1. The second-order valence-electron chi connectivity index (χ2n) is 10.7. The number of aromatic nitrogens is 2. The smallest absolute Gasteiger partial charge is 0.248 e. The van der Waals surface area contributed by atoms with Gasteiger partial charge in [0.05, 0.1) is 40.3 Å². The molecule has 3 aliphatic rings. The molecule has 3 aromatic rings. The molecule has 0 aliphatic heterocycles. The van der Waals surface area contributed by atoms with E-state index >= 15 is 0 Å². The first-order valence-corrected chi connectivity index (χ1v) is 13.7. The number of hydrogen-bond acceptors (Lipinski definition) is 7. The van der Waals surface area contributed by atoms with Gasteiger partial charge in [-0.15, -0.1) is 11.3 Å². The first kappa shape index (κ1) is 24.0. The SMILES string of the molecule is N#Cc1ccc2nc([C@]3(O)CC[C@H](OCc4c(C5CCC(F)(F)CC5)noc4C4CC4)CC3)sc2c1. The van der Waals surface area contributed by atoms with Gasteiger partial charge in [-0.05, 0) is 69.6 Å². The molecule has 2 aromatic heterocycles. The molecule has 6 nitrogen and oxygen atoms in total. The van der Waals surface area contributed by atoms with Crippen LogP contribution in [0.3, 0.4) is 0 Å². The number of halogens is 2. The highest BCUT2D eigenvalue weighted by molar-refractivity contribution is 7.18. The minimum atomic E-state index is -2.57. The second-order valence-corrected chi connectivity index (χ2v) is 11.7. The fraction of sp³-hybridized carbons (Fsp3) is 0.593. The molecular weight excluding hydrogens is 484 g/mol. The fourth-order valence-corrected chi connectivity index (χ4v) is 6.78. The van der Waals surface area contributed by atoms with Crippen LogP contribution in [0.4, 0.5) is 8.78 Å². The molecular formula is C27H29F2N3O3S. The van der Waals surface area contributed by atoms with Crippen LogP contribution in [-0.4, -0.2) is 27.3 Å². The number of nitriles is 1. The monoisotopic (exact) mass is 513 g/mol. The summed E-state index contributed by atoms with van der Waals surface area (Å²) < 4.78 is 40.4. The number of benzene rings is 1. The molecule has 0 radical (unpaired) electrons. The highest BCUT2D eigenvalue weighted by Gasteiger charge is 2.41. The van der Waals surface area contributed by atoms with Crippen molar-refractivity contribution < 1.29 is 23.1 Å². The van der Waals surface area contributed by atoms with E-state index in [0.717, 1.165) is 40.1 Å². The molecule has 1 aromatic carbocycles. The van der Waals surface area contributed by atoms with Crippen molar-refractivity contribution in [1.82, 2.24) is 10.1 Å². The maximum absolute atomic E-state index is 13.7. The summed E-state index contributed by atoms with van der Waals surface area (Å²) in [6.07, 6.45) is 5.26. The molecule has 0 spiro atoms. The third kappa shape index (κ3) is 4.67. The van der Waals surface area contributed by atoms with Gasteiger partial charge in [-0.3, -0.25) is 0 Å². The van der Waals surface area contributed by atoms with E-state index in [0.29, 0.717) is 61.6 Å². The van der Waals surface area contributed by atoms with Crippen LogP contribution in [0.25, 0.3) is 10.2 Å². The van der Waals surface area contributed by atoms with Crippen molar-refractivity contribution in [2.24, 2.45) is 0 Å². The van der Waals surface area contributed by atoms with Crippen LogP contribution < -0.4 is 0 Å². The number of rotatable bonds is 6. The van der Waals surface area contributed by atoms with Crippen molar-refractivity contribution >= 4 is 21.6 Å². The van der Waals surface area contributed by atoms with E-state index in [1.807, 2.05) is 12.1 Å². The maximum atomic E-state index is 13.7. The lowest BCUT2D eigenvalue weighted by Crippen LogP contribution is -2.34. The standard InChI is InChI=1S/C27H29F2N3O3S/c28-27(29)11-5-17(6-12-27)23-20(24(35-32-23)18-2-3-18)15-34-19-7-9-26(33,10-8-19)25-31-21-4-1-16(14-30)13-22(21)36-25/h1,4,13,17-19,33H,2-3,5-12,15H2/t19-,26-. The van der Waals surface area contributed by atoms with Gasteiger partial charge in [0.1, 0.15) is 16.4 Å². The minimum absolute atomic E-state index is 0.00323. The molecule has 36 heavy (non-hydrogen) atoms. The molecule has 0 amide bonds. The number of alkyl halides is 2. The summed E-state index contributed by atoms with van der Waals surface area (Å²) in [4.78, 5) is 4.65. The van der Waals surface area contributed by atoms with Crippen molar-refractivity contribution in [1.29, 1.82) is 5.26 Å². The Labute approximate surface area is 212 Å². The summed E-state index contributed by atoms with van der Waals surface area (Å²) in [7, 11) is 0. The van der Waals surface area contributed by atoms with Gasteiger partial charge < -0.3 is 14.4 Å². The predicted molar refractivity (Wildman–Crippen MR) is 130 cm³/mol. The number of hydrogen-bond donors (Lipinski definition) is 1. The lowest BCUT2D eigenvalue weighted by Gasteiger charge is -2.34. The summed E-state index contributed by atoms with van der Waals surface area (Å²) in [5, 5.41) is 25.5. The Morgan fingerprint density at radius 2 is 1.83 bits per heavy atom. The van der Waals surface area contributed by atoms with E-state index < -0.39 is 11.5 Å². The normalized spacial score (nSPS) is 26.8. The van der Waals surface area contributed by atoms with Crippen LogP contribution >= 0.6 is 11.3 Å². The summed E-state index contributed by atoms with van der Waals surface area (Å²) in [5.74, 6) is -1.33. The molecule has 6 rings (SSSR count). The van der Waals surface area contributed by atoms with Gasteiger partial charge in [0.2, 0.25) is 5.92 Å². The maximum Gasteiger partial charge on any atom is 0.248 e. The molecule has 3 fully saturated rings. The van der Waals surface area contributed by atoms with Crippen molar-refractivity contribution in [3.05, 3.63) is 45.8 Å². The van der Waals surface area contributed by atoms with E-state index in [1.54, 1.807) is 6.07 Å². The predicted octanol–water partition coefficient (Wildman–Crippen LogP) is 6.67. The Balaban J connectivity index is 1.11. The highest BCUT2D eigenvalue weighted by atomic mass is 32.1. The lowest BCUT2D eigenvalue weighted by molar-refractivity contribution is -0.0644. The first-order chi connectivity index (χ1) is 17.3. The molecule has 0 bridgehead atoms.